The summed E-state index contributed by atoms with van der Waals surface area (Å²) in [5.74, 6) is 3.16. The molecule has 1 saturated heterocycles. The van der Waals surface area contributed by atoms with Crippen LogP contribution in [0.2, 0.25) is 0 Å². The number of nitriles is 1. The van der Waals surface area contributed by atoms with Crippen LogP contribution in [0.25, 0.3) is 0 Å². The minimum atomic E-state index is 0.165. The molecule has 1 atom stereocenters. The predicted molar refractivity (Wildman–Crippen MR) is 149 cm³/mol. The van der Waals surface area contributed by atoms with Gasteiger partial charge in [-0.15, -0.1) is 0 Å². The number of ether oxygens (including phenoxy) is 1. The maximum Gasteiger partial charge on any atom is 0.237 e. The third-order valence-corrected chi connectivity index (χ3v) is 8.74. The van der Waals surface area contributed by atoms with Gasteiger partial charge in [0.25, 0.3) is 0 Å². The van der Waals surface area contributed by atoms with Crippen LogP contribution in [-0.4, -0.2) is 44.9 Å². The summed E-state index contributed by atoms with van der Waals surface area (Å²) in [5, 5.41) is 9.79. The minimum absolute atomic E-state index is 0.165. The molecule has 7 nitrogen and oxygen atoms in total. The molecule has 4 heterocycles. The van der Waals surface area contributed by atoms with Gasteiger partial charge in [-0.1, -0.05) is 44.2 Å². The van der Waals surface area contributed by atoms with E-state index < -0.39 is 0 Å². The summed E-state index contributed by atoms with van der Waals surface area (Å²) in [6, 6.07) is 14.4. The summed E-state index contributed by atoms with van der Waals surface area (Å²) in [5.41, 5.74) is 5.10. The van der Waals surface area contributed by atoms with E-state index in [-0.39, 0.29) is 5.91 Å². The second-order valence-electron chi connectivity index (χ2n) is 11.4. The zero-order valence-corrected chi connectivity index (χ0v) is 22.9. The fraction of sp³-hybridized carbons (Fsp3) is 0.469. The van der Waals surface area contributed by atoms with Gasteiger partial charge in [0.1, 0.15) is 23.4 Å². The normalized spacial score (nSPS) is 19.8. The number of carbonyl (C=O) groups is 1. The van der Waals surface area contributed by atoms with Crippen LogP contribution in [-0.2, 0) is 30.8 Å². The SMILES string of the molecule is Cc1ncc2n1Cc1ccc(C#N)c(c1)Oc1ccc(CCC3CCCCC3)c(c1)CN1CCN(CC1=O)C2. The second kappa shape index (κ2) is 11.2. The first-order valence-corrected chi connectivity index (χ1v) is 14.4. The second-order valence-corrected chi connectivity index (χ2v) is 11.4. The molecule has 0 spiro atoms. The molecule has 2 fully saturated rings. The van der Waals surface area contributed by atoms with Crippen LogP contribution >= 0.6 is 0 Å². The van der Waals surface area contributed by atoms with E-state index in [2.05, 4.69) is 32.7 Å². The molecule has 1 aliphatic carbocycles. The molecule has 0 radical (unpaired) electrons. The van der Waals surface area contributed by atoms with E-state index in [1.54, 1.807) is 0 Å². The van der Waals surface area contributed by atoms with Crippen molar-refractivity contribution in [1.82, 2.24) is 19.4 Å². The Kier molecular flexibility index (Phi) is 7.38. The molecule has 6 bridgehead atoms. The Labute approximate surface area is 231 Å². The number of aromatic nitrogens is 2. The fourth-order valence-electron chi connectivity index (χ4n) is 6.40. The van der Waals surface area contributed by atoms with E-state index in [9.17, 15) is 10.1 Å². The Balaban J connectivity index is 1.36. The van der Waals surface area contributed by atoms with Crippen molar-refractivity contribution in [3.8, 4) is 17.6 Å². The lowest BCUT2D eigenvalue weighted by Gasteiger charge is -2.35. The van der Waals surface area contributed by atoms with Crippen molar-refractivity contribution in [3.05, 3.63) is 76.4 Å². The van der Waals surface area contributed by atoms with Crippen molar-refractivity contribution >= 4 is 5.91 Å². The molecule has 0 N–H and O–H groups in total. The van der Waals surface area contributed by atoms with E-state index in [1.165, 1.54) is 44.1 Å². The van der Waals surface area contributed by atoms with Crippen molar-refractivity contribution in [3.63, 3.8) is 0 Å². The van der Waals surface area contributed by atoms with Gasteiger partial charge in [0, 0.05) is 38.9 Å². The summed E-state index contributed by atoms with van der Waals surface area (Å²) in [4.78, 5) is 22.1. The topological polar surface area (TPSA) is 74.4 Å². The number of piperazine rings is 1. The van der Waals surface area contributed by atoms with Gasteiger partial charge >= 0.3 is 0 Å². The van der Waals surface area contributed by atoms with Gasteiger partial charge < -0.3 is 14.2 Å². The van der Waals surface area contributed by atoms with Gasteiger partial charge in [-0.05, 0) is 66.6 Å². The van der Waals surface area contributed by atoms with E-state index in [0.29, 0.717) is 49.8 Å². The monoisotopic (exact) mass is 523 g/mol. The van der Waals surface area contributed by atoms with Crippen LogP contribution in [0.4, 0.5) is 0 Å². The molecule has 7 rings (SSSR count). The molecular weight excluding hydrogens is 486 g/mol. The largest absolute Gasteiger partial charge is 0.456 e. The van der Waals surface area contributed by atoms with Gasteiger partial charge in [-0.2, -0.15) is 5.26 Å². The molecule has 4 aliphatic rings. The number of rotatable bonds is 3. The molecule has 3 aliphatic heterocycles. The Morgan fingerprint density at radius 3 is 2.72 bits per heavy atom. The van der Waals surface area contributed by atoms with Gasteiger partial charge in [-0.3, -0.25) is 9.69 Å². The highest BCUT2D eigenvalue weighted by Gasteiger charge is 2.26. The Morgan fingerprint density at radius 2 is 1.90 bits per heavy atom. The lowest BCUT2D eigenvalue weighted by atomic mass is 9.84. The standard InChI is InChI=1S/C32H37N5O2/c1-23-34-18-29-21-35-13-14-36(32(38)22-35)20-28-16-30(12-11-26(28)9-7-24-5-3-2-4-6-24)39-31-15-25(19-37(23)29)8-10-27(31)17-33/h8,10-12,15-16,18,24H,2-7,9,13-14,19-22H2,1H3. The number of fused-ring (bicyclic) bond motifs is 2. The third-order valence-electron chi connectivity index (χ3n) is 8.74. The van der Waals surface area contributed by atoms with Gasteiger partial charge in [0.05, 0.1) is 17.8 Å². The van der Waals surface area contributed by atoms with Crippen LogP contribution in [0.15, 0.2) is 42.6 Å². The summed E-state index contributed by atoms with van der Waals surface area (Å²) >= 11 is 0. The number of hydrogen-bond donors (Lipinski definition) is 0. The number of hydrogen-bond acceptors (Lipinski definition) is 5. The first-order valence-electron chi connectivity index (χ1n) is 14.4. The van der Waals surface area contributed by atoms with E-state index in [0.717, 1.165) is 41.5 Å². The summed E-state index contributed by atoms with van der Waals surface area (Å²) in [6.07, 6.45) is 10.9. The number of nitrogens with zero attached hydrogens (tertiary/aromatic N) is 5. The molecule has 1 unspecified atom stereocenters. The molecule has 1 amide bonds. The molecule has 1 saturated carbocycles. The molecule has 7 heteroatoms. The van der Waals surface area contributed by atoms with E-state index in [1.807, 2.05) is 42.3 Å². The van der Waals surface area contributed by atoms with E-state index in [4.69, 9.17) is 4.74 Å². The maximum absolute atomic E-state index is 13.3. The number of carbonyl (C=O) groups excluding carboxylic acids is 1. The van der Waals surface area contributed by atoms with Crippen LogP contribution in [0.1, 0.15) is 72.3 Å². The predicted octanol–water partition coefficient (Wildman–Crippen LogP) is 5.57. The zero-order chi connectivity index (χ0) is 26.8. The highest BCUT2D eigenvalue weighted by Crippen LogP contribution is 2.32. The average Bonchev–Trinajstić information content (AvgIpc) is 3.28. The quantitative estimate of drug-likeness (QED) is 0.448. The zero-order valence-electron chi connectivity index (χ0n) is 22.9. The number of benzene rings is 2. The minimum Gasteiger partial charge on any atom is -0.456 e. The Bertz CT molecular complexity index is 1400. The highest BCUT2D eigenvalue weighted by atomic mass is 16.5. The van der Waals surface area contributed by atoms with Crippen LogP contribution in [0, 0.1) is 24.2 Å². The summed E-state index contributed by atoms with van der Waals surface area (Å²) in [6.45, 7) is 5.86. The summed E-state index contributed by atoms with van der Waals surface area (Å²) in [7, 11) is 0. The van der Waals surface area contributed by atoms with Crippen molar-refractivity contribution < 1.29 is 9.53 Å². The van der Waals surface area contributed by atoms with Crippen molar-refractivity contribution in [2.75, 3.05) is 19.6 Å². The molecule has 39 heavy (non-hydrogen) atoms. The first-order chi connectivity index (χ1) is 19.1. The lowest BCUT2D eigenvalue weighted by Crippen LogP contribution is -2.49. The van der Waals surface area contributed by atoms with Crippen LogP contribution in [0.5, 0.6) is 11.5 Å². The average molecular weight is 524 g/mol. The number of amides is 1. The molecular formula is C32H37N5O2. The van der Waals surface area contributed by atoms with Crippen LogP contribution < -0.4 is 4.74 Å². The van der Waals surface area contributed by atoms with E-state index >= 15 is 0 Å². The van der Waals surface area contributed by atoms with Gasteiger partial charge in [0.15, 0.2) is 0 Å². The molecule has 3 aromatic rings. The fourth-order valence-corrected chi connectivity index (χ4v) is 6.40. The molecule has 1 aromatic heterocycles. The molecule has 2 aromatic carbocycles. The van der Waals surface area contributed by atoms with Crippen LogP contribution in [0.3, 0.4) is 0 Å². The number of aryl methyl sites for hydroxylation is 2. The highest BCUT2D eigenvalue weighted by molar-refractivity contribution is 5.79. The van der Waals surface area contributed by atoms with Crippen molar-refractivity contribution in [2.45, 2.75) is 71.5 Å². The van der Waals surface area contributed by atoms with Gasteiger partial charge in [0.2, 0.25) is 5.91 Å². The van der Waals surface area contributed by atoms with Gasteiger partial charge in [-0.25, -0.2) is 4.98 Å². The summed E-state index contributed by atoms with van der Waals surface area (Å²) < 4.78 is 8.57. The first kappa shape index (κ1) is 25.6. The smallest absolute Gasteiger partial charge is 0.237 e. The third kappa shape index (κ3) is 5.72. The Morgan fingerprint density at radius 1 is 1.03 bits per heavy atom. The maximum atomic E-state index is 13.3. The number of imidazole rings is 1. The lowest BCUT2D eigenvalue weighted by molar-refractivity contribution is -0.136. The Hall–Kier alpha value is -3.63. The van der Waals surface area contributed by atoms with Crippen molar-refractivity contribution in [2.24, 2.45) is 5.92 Å². The molecule has 202 valence electrons. The van der Waals surface area contributed by atoms with Crippen molar-refractivity contribution in [1.29, 1.82) is 5.26 Å².